The van der Waals surface area contributed by atoms with Crippen LogP contribution in [-0.2, 0) is 19.1 Å². The Kier molecular flexibility index (Phi) is 13.0. The topological polar surface area (TPSA) is 72.8 Å². The zero-order valence-electron chi connectivity index (χ0n) is 10.6. The van der Waals surface area contributed by atoms with Gasteiger partial charge in [0.05, 0.1) is 18.8 Å². The van der Waals surface area contributed by atoms with E-state index in [2.05, 4.69) is 16.1 Å². The molecule has 0 aliphatic carbocycles. The number of esters is 2. The minimum Gasteiger partial charge on any atom is -0.463 e. The molecule has 0 rings (SSSR count). The van der Waals surface area contributed by atoms with Gasteiger partial charge in [0.1, 0.15) is 0 Å². The maximum Gasteiger partial charge on any atom is 0.337 e. The zero-order chi connectivity index (χ0) is 13.7. The molecule has 0 amide bonds. The van der Waals surface area contributed by atoms with Gasteiger partial charge in [0.25, 0.3) is 0 Å². The van der Waals surface area contributed by atoms with E-state index in [-0.39, 0.29) is 18.8 Å². The van der Waals surface area contributed by atoms with E-state index in [1.54, 1.807) is 20.8 Å². The number of rotatable bonds is 5. The summed E-state index contributed by atoms with van der Waals surface area (Å²) < 4.78 is 9.27. The second-order valence-electron chi connectivity index (χ2n) is 2.65. The van der Waals surface area contributed by atoms with Crippen LogP contribution in [0.15, 0.2) is 24.3 Å². The molecule has 17 heavy (non-hydrogen) atoms. The quantitative estimate of drug-likeness (QED) is 0.447. The lowest BCUT2D eigenvalue weighted by molar-refractivity contribution is -0.138. The summed E-state index contributed by atoms with van der Waals surface area (Å²) in [6.45, 7) is 9.35. The lowest BCUT2D eigenvalue weighted by atomic mass is 10.3. The van der Waals surface area contributed by atoms with Gasteiger partial charge in [0, 0.05) is 12.7 Å². The predicted molar refractivity (Wildman–Crippen MR) is 64.3 cm³/mol. The number of ether oxygens (including phenoxy) is 2. The van der Waals surface area contributed by atoms with Gasteiger partial charge in [-0.3, -0.25) is 0 Å². The minimum absolute atomic E-state index is 0.125. The lowest BCUT2D eigenvalue weighted by Gasteiger charge is -1.99. The fourth-order valence-corrected chi connectivity index (χ4v) is 0.651. The Balaban J connectivity index is 0. The average Bonchev–Trinajstić information content (AvgIpc) is 2.27. The molecule has 0 radical (unpaired) electrons. The molecule has 0 aromatic heterocycles. The Morgan fingerprint density at radius 1 is 1.12 bits per heavy atom. The summed E-state index contributed by atoms with van der Waals surface area (Å²) in [5.74, 6) is -1.04. The Bertz CT molecular complexity index is 268. The van der Waals surface area contributed by atoms with E-state index < -0.39 is 11.9 Å². The molecular formula is C12H20O5. The molecule has 0 aromatic rings. The van der Waals surface area contributed by atoms with Gasteiger partial charge < -0.3 is 14.6 Å². The highest BCUT2D eigenvalue weighted by Crippen LogP contribution is 1.97. The molecule has 0 heterocycles. The normalized spacial score (nSPS) is 9.18. The van der Waals surface area contributed by atoms with E-state index in [4.69, 9.17) is 5.11 Å². The summed E-state index contributed by atoms with van der Waals surface area (Å²) in [6.07, 6.45) is 2.42. The van der Waals surface area contributed by atoms with E-state index in [1.165, 1.54) is 6.08 Å². The maximum absolute atomic E-state index is 11.0. The first-order valence-electron chi connectivity index (χ1n) is 5.35. The molecule has 0 spiro atoms. The van der Waals surface area contributed by atoms with Gasteiger partial charge in [-0.25, -0.2) is 9.59 Å². The highest BCUT2D eigenvalue weighted by atomic mass is 16.5. The summed E-state index contributed by atoms with van der Waals surface area (Å²) in [4.78, 5) is 21.8. The van der Waals surface area contributed by atoms with Crippen LogP contribution in [-0.4, -0.2) is 36.9 Å². The van der Waals surface area contributed by atoms with E-state index in [1.807, 2.05) is 0 Å². The summed E-state index contributed by atoms with van der Waals surface area (Å²) in [5, 5.41) is 7.57. The van der Waals surface area contributed by atoms with Crippen LogP contribution in [0.1, 0.15) is 20.8 Å². The second kappa shape index (κ2) is 12.4. The molecule has 5 heteroatoms. The van der Waals surface area contributed by atoms with Gasteiger partial charge in [-0.2, -0.15) is 0 Å². The fourth-order valence-electron chi connectivity index (χ4n) is 0.651. The number of hydrogen-bond acceptors (Lipinski definition) is 5. The number of carbonyl (C=O) groups is 2. The first kappa shape index (κ1) is 17.8. The largest absolute Gasteiger partial charge is 0.463 e. The molecule has 0 aliphatic heterocycles. The molecular weight excluding hydrogens is 224 g/mol. The molecule has 0 bridgehead atoms. The molecule has 0 unspecified atom stereocenters. The van der Waals surface area contributed by atoms with Gasteiger partial charge in [-0.05, 0) is 26.8 Å². The van der Waals surface area contributed by atoms with Crippen molar-refractivity contribution in [1.82, 2.24) is 0 Å². The third kappa shape index (κ3) is 12.3. The van der Waals surface area contributed by atoms with Crippen molar-refractivity contribution in [3.8, 4) is 0 Å². The van der Waals surface area contributed by atoms with Gasteiger partial charge >= 0.3 is 11.9 Å². The van der Waals surface area contributed by atoms with E-state index in [0.29, 0.717) is 6.61 Å². The van der Waals surface area contributed by atoms with Crippen LogP contribution < -0.4 is 0 Å². The summed E-state index contributed by atoms with van der Waals surface area (Å²) in [7, 11) is 0. The molecule has 0 aliphatic rings. The standard InChI is InChI=1S/C10H14O4.C2H6O/c1-4-13-9(11)7-6-8(3)10(12)14-5-2;1-2-3/h6-7H,3-5H2,1-2H3;3H,2H2,1H3. The monoisotopic (exact) mass is 244 g/mol. The van der Waals surface area contributed by atoms with Gasteiger partial charge in [-0.1, -0.05) is 6.58 Å². The number of aliphatic hydroxyl groups is 1. The Morgan fingerprint density at radius 3 is 2.00 bits per heavy atom. The smallest absolute Gasteiger partial charge is 0.337 e. The lowest BCUT2D eigenvalue weighted by Crippen LogP contribution is -2.06. The maximum atomic E-state index is 11.0. The number of aliphatic hydroxyl groups excluding tert-OH is 1. The average molecular weight is 244 g/mol. The molecule has 0 atom stereocenters. The van der Waals surface area contributed by atoms with Crippen molar-refractivity contribution in [1.29, 1.82) is 0 Å². The number of hydrogen-bond donors (Lipinski definition) is 1. The number of carbonyl (C=O) groups excluding carboxylic acids is 2. The molecule has 0 fully saturated rings. The molecule has 0 aromatic carbocycles. The van der Waals surface area contributed by atoms with Gasteiger partial charge in [0.15, 0.2) is 0 Å². The molecule has 0 saturated carbocycles. The third-order valence-corrected chi connectivity index (χ3v) is 1.24. The van der Waals surface area contributed by atoms with Gasteiger partial charge in [0.2, 0.25) is 0 Å². The van der Waals surface area contributed by atoms with Gasteiger partial charge in [-0.15, -0.1) is 0 Å². The van der Waals surface area contributed by atoms with Crippen molar-refractivity contribution in [3.63, 3.8) is 0 Å². The minimum atomic E-state index is -0.534. The molecule has 0 saturated heterocycles. The van der Waals surface area contributed by atoms with Crippen LogP contribution in [0.5, 0.6) is 0 Å². The van der Waals surface area contributed by atoms with Crippen LogP contribution in [0, 0.1) is 0 Å². The second-order valence-corrected chi connectivity index (χ2v) is 2.65. The highest BCUT2D eigenvalue weighted by molar-refractivity contribution is 5.93. The predicted octanol–water partition coefficient (Wildman–Crippen LogP) is 1.22. The summed E-state index contributed by atoms with van der Waals surface area (Å²) in [5.41, 5.74) is 0.125. The van der Waals surface area contributed by atoms with Crippen molar-refractivity contribution in [2.45, 2.75) is 20.8 Å². The zero-order valence-corrected chi connectivity index (χ0v) is 10.6. The first-order chi connectivity index (χ1) is 8.03. The Labute approximate surface area is 102 Å². The van der Waals surface area contributed by atoms with E-state index in [0.717, 1.165) is 6.08 Å². The van der Waals surface area contributed by atoms with E-state index >= 15 is 0 Å². The van der Waals surface area contributed by atoms with Crippen LogP contribution >= 0.6 is 0 Å². The van der Waals surface area contributed by atoms with Crippen molar-refractivity contribution in [2.75, 3.05) is 19.8 Å². The fraction of sp³-hybridized carbons (Fsp3) is 0.500. The summed E-state index contributed by atoms with van der Waals surface area (Å²) in [6, 6.07) is 0. The molecule has 1 N–H and O–H groups in total. The van der Waals surface area contributed by atoms with Crippen LogP contribution in [0.3, 0.4) is 0 Å². The molecule has 98 valence electrons. The van der Waals surface area contributed by atoms with Crippen molar-refractivity contribution in [2.24, 2.45) is 0 Å². The first-order valence-corrected chi connectivity index (χ1v) is 5.35. The highest BCUT2D eigenvalue weighted by Gasteiger charge is 2.04. The Morgan fingerprint density at radius 2 is 1.59 bits per heavy atom. The van der Waals surface area contributed by atoms with Crippen molar-refractivity contribution < 1.29 is 24.2 Å². The molecule has 5 nitrogen and oxygen atoms in total. The third-order valence-electron chi connectivity index (χ3n) is 1.24. The SMILES string of the molecule is C=C(C=CC(=O)OCC)C(=O)OCC.CCO. The van der Waals surface area contributed by atoms with Crippen LogP contribution in [0.25, 0.3) is 0 Å². The van der Waals surface area contributed by atoms with E-state index in [9.17, 15) is 9.59 Å². The van der Waals surface area contributed by atoms with Crippen LogP contribution in [0.4, 0.5) is 0 Å². The van der Waals surface area contributed by atoms with Crippen LogP contribution in [0.2, 0.25) is 0 Å². The summed E-state index contributed by atoms with van der Waals surface area (Å²) >= 11 is 0. The van der Waals surface area contributed by atoms with Crippen molar-refractivity contribution >= 4 is 11.9 Å². The Hall–Kier alpha value is -1.62. The van der Waals surface area contributed by atoms with Crippen molar-refractivity contribution in [3.05, 3.63) is 24.3 Å².